The number of hydrogen-bond donors (Lipinski definition) is 1. The van der Waals surface area contributed by atoms with Crippen LogP contribution in [0.1, 0.15) is 33.5 Å². The molecule has 0 amide bonds. The van der Waals surface area contributed by atoms with Gasteiger partial charge in [0.15, 0.2) is 6.10 Å². The number of nitrogens with zero attached hydrogens (tertiary/aromatic N) is 2. The van der Waals surface area contributed by atoms with Crippen molar-refractivity contribution < 1.29 is 14.3 Å². The summed E-state index contributed by atoms with van der Waals surface area (Å²) in [6.45, 7) is 9.01. The first-order valence-corrected chi connectivity index (χ1v) is 11.8. The zero-order chi connectivity index (χ0) is 24.5. The quantitative estimate of drug-likeness (QED) is 0.420. The van der Waals surface area contributed by atoms with Crippen LogP contribution in [0.4, 0.5) is 5.69 Å². The fraction of sp³-hybridized carbons (Fsp3) is 0.370. The van der Waals surface area contributed by atoms with Gasteiger partial charge in [-0.3, -0.25) is 9.36 Å². The number of aromatic nitrogens is 2. The number of carbonyl (C=O) groups excluding carboxylic acids is 1. The second-order valence-corrected chi connectivity index (χ2v) is 8.25. The van der Waals surface area contributed by atoms with Crippen LogP contribution >= 0.6 is 0 Å². The molecule has 3 rings (SSSR count). The Hall–Kier alpha value is -3.61. The van der Waals surface area contributed by atoms with Gasteiger partial charge in [-0.2, -0.15) is 0 Å². The maximum absolute atomic E-state index is 12.8. The second kappa shape index (κ2) is 12.0. The fourth-order valence-corrected chi connectivity index (χ4v) is 3.61. The minimum absolute atomic E-state index is 0.00943. The molecular weight excluding hydrogens is 430 g/mol. The third kappa shape index (κ3) is 6.47. The van der Waals surface area contributed by atoms with Crippen molar-refractivity contribution in [3.05, 3.63) is 76.8 Å². The molecule has 1 unspecified atom stereocenters. The largest absolute Gasteiger partial charge is 0.478 e. The molecule has 0 spiro atoms. The standard InChI is InChI=1S/C27H33N3O4/c1-5-24-29-23(20-10-8-7-9-11-20)18-25(31)30(24)17-16-28-21-12-14-22(15-13-21)34-26(19(3)4)27(32)33-6-2/h7-15,18-19,26,28H,5-6,16-17H2,1-4H3. The summed E-state index contributed by atoms with van der Waals surface area (Å²) in [6, 6.07) is 18.7. The summed E-state index contributed by atoms with van der Waals surface area (Å²) >= 11 is 0. The number of benzene rings is 2. The van der Waals surface area contributed by atoms with Crippen molar-refractivity contribution in [2.24, 2.45) is 5.92 Å². The van der Waals surface area contributed by atoms with Gasteiger partial charge in [0.25, 0.3) is 5.56 Å². The molecule has 0 fully saturated rings. The third-order valence-corrected chi connectivity index (χ3v) is 5.38. The van der Waals surface area contributed by atoms with E-state index < -0.39 is 6.10 Å². The summed E-state index contributed by atoms with van der Waals surface area (Å²) in [4.78, 5) is 29.6. The van der Waals surface area contributed by atoms with Crippen LogP contribution in [0.25, 0.3) is 11.3 Å². The maximum atomic E-state index is 12.8. The van der Waals surface area contributed by atoms with Crippen molar-refractivity contribution >= 4 is 11.7 Å². The average Bonchev–Trinajstić information content (AvgIpc) is 2.84. The van der Waals surface area contributed by atoms with E-state index in [4.69, 9.17) is 14.5 Å². The van der Waals surface area contributed by atoms with Gasteiger partial charge in [0, 0.05) is 42.7 Å². The minimum atomic E-state index is -0.649. The van der Waals surface area contributed by atoms with Crippen LogP contribution in [0.5, 0.6) is 5.75 Å². The molecule has 0 aliphatic rings. The Labute approximate surface area is 200 Å². The zero-order valence-corrected chi connectivity index (χ0v) is 20.3. The van der Waals surface area contributed by atoms with Crippen molar-refractivity contribution in [3.8, 4) is 17.0 Å². The predicted octanol–water partition coefficient (Wildman–Crippen LogP) is 4.55. The number of nitrogens with one attached hydrogen (secondary N) is 1. The number of ether oxygens (including phenoxy) is 2. The van der Waals surface area contributed by atoms with Crippen LogP contribution < -0.4 is 15.6 Å². The average molecular weight is 464 g/mol. The number of rotatable bonds is 11. The molecule has 0 aliphatic heterocycles. The maximum Gasteiger partial charge on any atom is 0.347 e. The highest BCUT2D eigenvalue weighted by Gasteiger charge is 2.25. The van der Waals surface area contributed by atoms with Gasteiger partial charge >= 0.3 is 5.97 Å². The molecule has 0 saturated heterocycles. The first-order valence-electron chi connectivity index (χ1n) is 11.8. The van der Waals surface area contributed by atoms with E-state index in [9.17, 15) is 9.59 Å². The molecule has 180 valence electrons. The summed E-state index contributed by atoms with van der Waals surface area (Å²) in [5.74, 6) is 0.992. The lowest BCUT2D eigenvalue weighted by atomic mass is 10.1. The van der Waals surface area contributed by atoms with Crippen LogP contribution in [-0.4, -0.2) is 34.8 Å². The molecule has 0 bridgehead atoms. The molecule has 7 heteroatoms. The van der Waals surface area contributed by atoms with Crippen molar-refractivity contribution in [1.82, 2.24) is 9.55 Å². The Balaban J connectivity index is 1.62. The van der Waals surface area contributed by atoms with Crippen molar-refractivity contribution in [1.29, 1.82) is 0 Å². The lowest BCUT2D eigenvalue weighted by Crippen LogP contribution is -2.34. The molecule has 3 aromatic rings. The number of anilines is 1. The molecule has 0 saturated carbocycles. The molecule has 1 aromatic heterocycles. The molecule has 0 aliphatic carbocycles. The molecular formula is C27H33N3O4. The van der Waals surface area contributed by atoms with Crippen molar-refractivity contribution in [2.45, 2.75) is 46.8 Å². The molecule has 1 heterocycles. The van der Waals surface area contributed by atoms with E-state index in [2.05, 4.69) is 5.32 Å². The van der Waals surface area contributed by atoms with E-state index in [0.717, 1.165) is 17.1 Å². The van der Waals surface area contributed by atoms with Gasteiger partial charge in [0.05, 0.1) is 12.3 Å². The van der Waals surface area contributed by atoms with Gasteiger partial charge in [-0.05, 0) is 31.2 Å². The van der Waals surface area contributed by atoms with E-state index in [1.54, 1.807) is 17.6 Å². The predicted molar refractivity (Wildman–Crippen MR) is 134 cm³/mol. The highest BCUT2D eigenvalue weighted by molar-refractivity contribution is 5.75. The Morgan fingerprint density at radius 2 is 1.76 bits per heavy atom. The van der Waals surface area contributed by atoms with Crippen LogP contribution in [0.3, 0.4) is 0 Å². The van der Waals surface area contributed by atoms with E-state index in [0.29, 0.717) is 37.6 Å². The number of aryl methyl sites for hydroxylation is 1. The van der Waals surface area contributed by atoms with Gasteiger partial charge in [-0.15, -0.1) is 0 Å². The van der Waals surface area contributed by atoms with Crippen molar-refractivity contribution in [3.63, 3.8) is 0 Å². The van der Waals surface area contributed by atoms with E-state index in [1.807, 2.05) is 75.4 Å². The molecule has 34 heavy (non-hydrogen) atoms. The Kier molecular flexibility index (Phi) is 8.85. The Morgan fingerprint density at radius 3 is 2.38 bits per heavy atom. The van der Waals surface area contributed by atoms with Crippen LogP contribution in [0.15, 0.2) is 65.5 Å². The van der Waals surface area contributed by atoms with Crippen LogP contribution in [-0.2, 0) is 22.5 Å². The van der Waals surface area contributed by atoms with Gasteiger partial charge in [-0.25, -0.2) is 9.78 Å². The van der Waals surface area contributed by atoms with E-state index in [1.165, 1.54) is 0 Å². The van der Waals surface area contributed by atoms with Gasteiger partial charge in [0.1, 0.15) is 11.6 Å². The molecule has 1 atom stereocenters. The van der Waals surface area contributed by atoms with E-state index >= 15 is 0 Å². The summed E-state index contributed by atoms with van der Waals surface area (Å²) < 4.78 is 12.7. The van der Waals surface area contributed by atoms with Crippen LogP contribution in [0.2, 0.25) is 0 Å². The topological polar surface area (TPSA) is 82.4 Å². The van der Waals surface area contributed by atoms with Crippen LogP contribution in [0, 0.1) is 5.92 Å². The Morgan fingerprint density at radius 1 is 1.06 bits per heavy atom. The smallest absolute Gasteiger partial charge is 0.347 e. The number of hydrogen-bond acceptors (Lipinski definition) is 6. The SMILES string of the molecule is CCOC(=O)C(Oc1ccc(NCCn2c(CC)nc(-c3ccccc3)cc2=O)cc1)C(C)C. The number of carbonyl (C=O) groups is 1. The highest BCUT2D eigenvalue weighted by Crippen LogP contribution is 2.20. The molecule has 2 aromatic carbocycles. The third-order valence-electron chi connectivity index (χ3n) is 5.38. The fourth-order valence-electron chi connectivity index (χ4n) is 3.61. The van der Waals surface area contributed by atoms with Gasteiger partial charge < -0.3 is 14.8 Å². The molecule has 7 nitrogen and oxygen atoms in total. The lowest BCUT2D eigenvalue weighted by Gasteiger charge is -2.21. The Bertz CT molecular complexity index is 1120. The summed E-state index contributed by atoms with van der Waals surface area (Å²) in [5, 5.41) is 3.33. The first kappa shape index (κ1) is 25.0. The zero-order valence-electron chi connectivity index (χ0n) is 20.3. The lowest BCUT2D eigenvalue weighted by molar-refractivity contribution is -0.153. The minimum Gasteiger partial charge on any atom is -0.478 e. The van der Waals surface area contributed by atoms with Crippen molar-refractivity contribution in [2.75, 3.05) is 18.5 Å². The summed E-state index contributed by atoms with van der Waals surface area (Å²) in [6.07, 6.45) is 0.0175. The van der Waals surface area contributed by atoms with Gasteiger partial charge in [0.2, 0.25) is 0 Å². The highest BCUT2D eigenvalue weighted by atomic mass is 16.6. The molecule has 0 radical (unpaired) electrons. The normalized spacial score (nSPS) is 11.8. The second-order valence-electron chi connectivity index (χ2n) is 8.25. The first-order chi connectivity index (χ1) is 16.4. The monoisotopic (exact) mass is 463 g/mol. The van der Waals surface area contributed by atoms with Gasteiger partial charge in [-0.1, -0.05) is 51.1 Å². The summed E-state index contributed by atoms with van der Waals surface area (Å²) in [7, 11) is 0. The summed E-state index contributed by atoms with van der Waals surface area (Å²) in [5.41, 5.74) is 2.47. The molecule has 1 N–H and O–H groups in total. The van der Waals surface area contributed by atoms with E-state index in [-0.39, 0.29) is 17.4 Å². The number of esters is 1.